The van der Waals surface area contributed by atoms with Gasteiger partial charge < -0.3 is 15.0 Å². The van der Waals surface area contributed by atoms with Crippen LogP contribution in [-0.4, -0.2) is 54.5 Å². The first kappa shape index (κ1) is 24.3. The van der Waals surface area contributed by atoms with Crippen molar-refractivity contribution in [2.75, 3.05) is 43.0 Å². The maximum atomic E-state index is 13.4. The molecule has 7 nitrogen and oxygen atoms in total. The second kappa shape index (κ2) is 11.6. The lowest BCUT2D eigenvalue weighted by Gasteiger charge is -2.30. The Kier molecular flexibility index (Phi) is 8.05. The van der Waals surface area contributed by atoms with Crippen LogP contribution < -0.4 is 10.2 Å². The number of amides is 1. The molecule has 1 aliphatic heterocycles. The predicted octanol–water partition coefficient (Wildman–Crippen LogP) is 4.29. The van der Waals surface area contributed by atoms with Crippen molar-refractivity contribution in [1.82, 2.24) is 9.88 Å². The van der Waals surface area contributed by atoms with Crippen LogP contribution >= 0.6 is 0 Å². The molecule has 0 radical (unpaired) electrons. The molecule has 1 atom stereocenters. The molecule has 4 rings (SSSR count). The van der Waals surface area contributed by atoms with Crippen molar-refractivity contribution >= 4 is 23.4 Å². The van der Waals surface area contributed by atoms with Crippen LogP contribution in [0, 0.1) is 5.82 Å². The molecule has 1 amide bonds. The summed E-state index contributed by atoms with van der Waals surface area (Å²) in [5, 5.41) is 2.94. The van der Waals surface area contributed by atoms with Gasteiger partial charge in [-0.15, -0.1) is 0 Å². The summed E-state index contributed by atoms with van der Waals surface area (Å²) in [6.45, 7) is 4.93. The van der Waals surface area contributed by atoms with E-state index < -0.39 is 6.04 Å². The van der Waals surface area contributed by atoms with E-state index in [1.54, 1.807) is 31.3 Å². The molecular formula is C27H29FN4O3. The number of ether oxygens (including phenoxy) is 1. The summed E-state index contributed by atoms with van der Waals surface area (Å²) in [5.41, 5.74) is 1.88. The molecule has 1 aliphatic rings. The van der Waals surface area contributed by atoms with Gasteiger partial charge >= 0.3 is 5.97 Å². The number of aromatic nitrogens is 1. The summed E-state index contributed by atoms with van der Waals surface area (Å²) in [7, 11) is 0. The van der Waals surface area contributed by atoms with E-state index in [9.17, 15) is 14.0 Å². The summed E-state index contributed by atoms with van der Waals surface area (Å²) in [5.74, 6) is -0.106. The van der Waals surface area contributed by atoms with E-state index in [4.69, 9.17) is 4.74 Å². The summed E-state index contributed by atoms with van der Waals surface area (Å²) in [6, 6.07) is 18.5. The first-order chi connectivity index (χ1) is 17.0. The van der Waals surface area contributed by atoms with Gasteiger partial charge in [0, 0.05) is 38.1 Å². The molecule has 182 valence electrons. The number of pyridine rings is 1. The highest BCUT2D eigenvalue weighted by Crippen LogP contribution is 2.25. The second-order valence-corrected chi connectivity index (χ2v) is 8.31. The standard InChI is InChI=1S/C27H29FN4O3/c1-2-35-27(34)21-9-14-24(29-19-21)31-15-6-16-32(18-17-31)25(20-7-4-3-5-8-20)26(33)30-23-12-10-22(28)11-13-23/h3-5,7-14,19,25H,2,6,15-18H2,1H3,(H,30,33). The lowest BCUT2D eigenvalue weighted by atomic mass is 10.0. The molecule has 0 bridgehead atoms. The van der Waals surface area contributed by atoms with Crippen molar-refractivity contribution in [1.29, 1.82) is 0 Å². The van der Waals surface area contributed by atoms with Crippen LogP contribution in [0.15, 0.2) is 72.9 Å². The quantitative estimate of drug-likeness (QED) is 0.513. The zero-order valence-electron chi connectivity index (χ0n) is 19.7. The fraction of sp³-hybridized carbons (Fsp3) is 0.296. The number of carbonyl (C=O) groups excluding carboxylic acids is 2. The first-order valence-corrected chi connectivity index (χ1v) is 11.8. The van der Waals surface area contributed by atoms with E-state index in [1.807, 2.05) is 36.4 Å². The van der Waals surface area contributed by atoms with E-state index in [-0.39, 0.29) is 17.7 Å². The lowest BCUT2D eigenvalue weighted by molar-refractivity contribution is -0.121. The molecular weight excluding hydrogens is 447 g/mol. The number of nitrogens with zero attached hydrogens (tertiary/aromatic N) is 3. The van der Waals surface area contributed by atoms with Crippen LogP contribution in [0.3, 0.4) is 0 Å². The van der Waals surface area contributed by atoms with E-state index in [0.717, 1.165) is 30.9 Å². The van der Waals surface area contributed by atoms with Gasteiger partial charge in [0.15, 0.2) is 0 Å². The minimum atomic E-state index is -0.486. The largest absolute Gasteiger partial charge is 0.462 e. The maximum Gasteiger partial charge on any atom is 0.339 e. The molecule has 0 saturated carbocycles. The third kappa shape index (κ3) is 6.22. The second-order valence-electron chi connectivity index (χ2n) is 8.31. The zero-order valence-corrected chi connectivity index (χ0v) is 19.7. The molecule has 2 aromatic carbocycles. The maximum absolute atomic E-state index is 13.4. The Morgan fingerprint density at radius 2 is 1.77 bits per heavy atom. The molecule has 1 saturated heterocycles. The van der Waals surface area contributed by atoms with Crippen molar-refractivity contribution in [3.05, 3.63) is 89.9 Å². The topological polar surface area (TPSA) is 74.8 Å². The Morgan fingerprint density at radius 1 is 1.00 bits per heavy atom. The van der Waals surface area contributed by atoms with Gasteiger partial charge in [0.2, 0.25) is 5.91 Å². The SMILES string of the molecule is CCOC(=O)c1ccc(N2CCCN(C(C(=O)Nc3ccc(F)cc3)c3ccccc3)CC2)nc1. The highest BCUT2D eigenvalue weighted by atomic mass is 19.1. The van der Waals surface area contributed by atoms with Crippen LogP contribution in [0.25, 0.3) is 0 Å². The number of esters is 1. The van der Waals surface area contributed by atoms with Crippen LogP contribution in [0.4, 0.5) is 15.9 Å². The van der Waals surface area contributed by atoms with Crippen LogP contribution in [0.1, 0.15) is 35.3 Å². The molecule has 1 fully saturated rings. The molecule has 2 heterocycles. The Morgan fingerprint density at radius 3 is 2.46 bits per heavy atom. The molecule has 0 spiro atoms. The van der Waals surface area contributed by atoms with Crippen LogP contribution in [0.2, 0.25) is 0 Å². The van der Waals surface area contributed by atoms with Gasteiger partial charge in [-0.2, -0.15) is 0 Å². The van der Waals surface area contributed by atoms with Crippen molar-refractivity contribution in [2.24, 2.45) is 0 Å². The Bertz CT molecular complexity index is 1120. The molecule has 0 aliphatic carbocycles. The monoisotopic (exact) mass is 476 g/mol. The molecule has 35 heavy (non-hydrogen) atoms. The van der Waals surface area contributed by atoms with Crippen LogP contribution in [0.5, 0.6) is 0 Å². The highest BCUT2D eigenvalue weighted by molar-refractivity contribution is 5.95. The number of rotatable bonds is 7. The number of hydrogen-bond donors (Lipinski definition) is 1. The van der Waals surface area contributed by atoms with E-state index in [2.05, 4.69) is 20.1 Å². The zero-order chi connectivity index (χ0) is 24.6. The van der Waals surface area contributed by atoms with Crippen molar-refractivity contribution in [3.63, 3.8) is 0 Å². The number of benzene rings is 2. The van der Waals surface area contributed by atoms with Gasteiger partial charge in [0.1, 0.15) is 17.7 Å². The molecule has 8 heteroatoms. The summed E-state index contributed by atoms with van der Waals surface area (Å²) in [4.78, 5) is 34.1. The van der Waals surface area contributed by atoms with Crippen LogP contribution in [-0.2, 0) is 9.53 Å². The van der Waals surface area contributed by atoms with Gasteiger partial charge in [-0.05, 0) is 55.3 Å². The van der Waals surface area contributed by atoms with Crippen molar-refractivity contribution in [3.8, 4) is 0 Å². The number of halogens is 1. The minimum Gasteiger partial charge on any atom is -0.462 e. The third-order valence-electron chi connectivity index (χ3n) is 5.95. The van der Waals surface area contributed by atoms with E-state index in [0.29, 0.717) is 30.9 Å². The number of nitrogens with one attached hydrogen (secondary N) is 1. The van der Waals surface area contributed by atoms with E-state index >= 15 is 0 Å². The van der Waals surface area contributed by atoms with Gasteiger partial charge in [-0.1, -0.05) is 30.3 Å². The summed E-state index contributed by atoms with van der Waals surface area (Å²) in [6.07, 6.45) is 2.38. The van der Waals surface area contributed by atoms with Crippen molar-refractivity contribution < 1.29 is 18.7 Å². The number of carbonyl (C=O) groups is 2. The molecule has 1 aromatic heterocycles. The fourth-order valence-electron chi connectivity index (χ4n) is 4.24. The summed E-state index contributed by atoms with van der Waals surface area (Å²) < 4.78 is 18.3. The first-order valence-electron chi connectivity index (χ1n) is 11.8. The third-order valence-corrected chi connectivity index (χ3v) is 5.95. The average Bonchev–Trinajstić information content (AvgIpc) is 3.13. The Hall–Kier alpha value is -3.78. The van der Waals surface area contributed by atoms with E-state index in [1.165, 1.54) is 12.1 Å². The normalized spacial score (nSPS) is 15.2. The lowest BCUT2D eigenvalue weighted by Crippen LogP contribution is -2.39. The van der Waals surface area contributed by atoms with Gasteiger partial charge in [0.25, 0.3) is 0 Å². The Labute approximate surface area is 204 Å². The number of hydrogen-bond acceptors (Lipinski definition) is 6. The van der Waals surface area contributed by atoms with Gasteiger partial charge in [0.05, 0.1) is 12.2 Å². The molecule has 1 N–H and O–H groups in total. The summed E-state index contributed by atoms with van der Waals surface area (Å²) >= 11 is 0. The smallest absolute Gasteiger partial charge is 0.339 e. The average molecular weight is 477 g/mol. The predicted molar refractivity (Wildman–Crippen MR) is 133 cm³/mol. The fourth-order valence-corrected chi connectivity index (χ4v) is 4.24. The molecule has 1 unspecified atom stereocenters. The van der Waals surface area contributed by atoms with Gasteiger partial charge in [-0.25, -0.2) is 14.2 Å². The highest BCUT2D eigenvalue weighted by Gasteiger charge is 2.29. The minimum absolute atomic E-state index is 0.159. The number of anilines is 2. The van der Waals surface area contributed by atoms with Gasteiger partial charge in [-0.3, -0.25) is 9.69 Å². The Balaban J connectivity index is 1.48. The van der Waals surface area contributed by atoms with Crippen molar-refractivity contribution in [2.45, 2.75) is 19.4 Å². The molecule has 3 aromatic rings.